The number of nitrogens with zero attached hydrogens (tertiary/aromatic N) is 2. The first-order chi connectivity index (χ1) is 18.4. The van der Waals surface area contributed by atoms with E-state index in [0.29, 0.717) is 23.1 Å². The standard InChI is InChI=1S/C29H30N3O3PS2/c1-3-36(37,4-2)26(27(33)34)32-35-20-25-21-38-28(30-25)31-29(22-14-8-5-9-15-22,23-16-10-6-11-17-23)24-18-12-7-13-19-24/h5-19,21H,3-4,20H2,1-2H3,(H,30,31)(H,33,34). The van der Waals surface area contributed by atoms with Crippen LogP contribution in [0.4, 0.5) is 5.13 Å². The van der Waals surface area contributed by atoms with E-state index in [-0.39, 0.29) is 12.1 Å². The molecule has 0 spiro atoms. The van der Waals surface area contributed by atoms with Gasteiger partial charge in [0.1, 0.15) is 5.54 Å². The fraction of sp³-hybridized carbons (Fsp3) is 0.207. The highest BCUT2D eigenvalue weighted by atomic mass is 32.4. The number of aliphatic carboxylic acids is 1. The number of hydrogen-bond acceptors (Lipinski definition) is 7. The highest BCUT2D eigenvalue weighted by Gasteiger charge is 2.37. The highest BCUT2D eigenvalue weighted by Crippen LogP contribution is 2.47. The predicted molar refractivity (Wildman–Crippen MR) is 160 cm³/mol. The molecule has 6 nitrogen and oxygen atoms in total. The van der Waals surface area contributed by atoms with Gasteiger partial charge in [-0.15, -0.1) is 11.3 Å². The first kappa shape index (κ1) is 27.7. The molecule has 0 fully saturated rings. The Hall–Kier alpha value is -3.32. The van der Waals surface area contributed by atoms with Gasteiger partial charge < -0.3 is 15.3 Å². The van der Waals surface area contributed by atoms with Gasteiger partial charge in [-0.3, -0.25) is 0 Å². The molecule has 0 aliphatic carbocycles. The molecule has 3 aromatic carbocycles. The van der Waals surface area contributed by atoms with E-state index in [1.54, 1.807) is 0 Å². The van der Waals surface area contributed by atoms with Crippen molar-refractivity contribution in [2.75, 3.05) is 17.6 Å². The van der Waals surface area contributed by atoms with Gasteiger partial charge in [0.2, 0.25) is 0 Å². The maximum atomic E-state index is 11.8. The van der Waals surface area contributed by atoms with Crippen LogP contribution in [0, 0.1) is 0 Å². The maximum Gasteiger partial charge on any atom is 0.359 e. The number of thiazole rings is 1. The molecule has 0 amide bonds. The van der Waals surface area contributed by atoms with Crippen LogP contribution in [0.2, 0.25) is 0 Å². The lowest BCUT2D eigenvalue weighted by Crippen LogP contribution is -2.38. The average molecular weight is 564 g/mol. The zero-order valence-electron chi connectivity index (χ0n) is 21.3. The number of carbonyl (C=O) groups is 1. The second kappa shape index (κ2) is 12.5. The number of rotatable bonds is 12. The smallest absolute Gasteiger partial charge is 0.359 e. The van der Waals surface area contributed by atoms with Crippen LogP contribution in [0.25, 0.3) is 0 Å². The normalized spacial score (nSPS) is 12.2. The van der Waals surface area contributed by atoms with Gasteiger partial charge in [0.15, 0.2) is 17.2 Å². The molecule has 0 aliphatic heterocycles. The van der Waals surface area contributed by atoms with Gasteiger partial charge in [-0.25, -0.2) is 9.78 Å². The van der Waals surface area contributed by atoms with Crippen LogP contribution in [-0.2, 0) is 33.6 Å². The number of carboxylic acids is 1. The summed E-state index contributed by atoms with van der Waals surface area (Å²) in [5, 5.41) is 19.9. The second-order valence-electron chi connectivity index (χ2n) is 8.63. The zero-order chi connectivity index (χ0) is 27.0. The van der Waals surface area contributed by atoms with Crippen LogP contribution in [0.15, 0.2) is 102 Å². The fourth-order valence-corrected chi connectivity index (χ4v) is 7.03. The molecule has 1 aromatic heterocycles. The quantitative estimate of drug-likeness (QED) is 0.0837. The molecule has 0 saturated carbocycles. The number of aromatic nitrogens is 1. The van der Waals surface area contributed by atoms with Crippen molar-refractivity contribution in [2.45, 2.75) is 26.0 Å². The Balaban J connectivity index is 1.68. The minimum atomic E-state index is -2.26. The van der Waals surface area contributed by atoms with Gasteiger partial charge >= 0.3 is 5.97 Å². The van der Waals surface area contributed by atoms with Crippen LogP contribution in [0.1, 0.15) is 36.2 Å². The van der Waals surface area contributed by atoms with Gasteiger partial charge in [-0.1, -0.05) is 122 Å². The van der Waals surface area contributed by atoms with Crippen molar-refractivity contribution in [3.63, 3.8) is 0 Å². The summed E-state index contributed by atoms with van der Waals surface area (Å²) < 4.78 is 0. The summed E-state index contributed by atoms with van der Waals surface area (Å²) >= 11 is 7.09. The second-order valence-corrected chi connectivity index (χ2v) is 15.1. The van der Waals surface area contributed by atoms with E-state index in [1.165, 1.54) is 11.3 Å². The summed E-state index contributed by atoms with van der Waals surface area (Å²) in [4.78, 5) is 22.0. The maximum absolute atomic E-state index is 11.8. The molecule has 0 radical (unpaired) electrons. The van der Waals surface area contributed by atoms with E-state index >= 15 is 0 Å². The lowest BCUT2D eigenvalue weighted by Gasteiger charge is -2.36. The summed E-state index contributed by atoms with van der Waals surface area (Å²) in [6.45, 7) is 3.85. The molecule has 4 aromatic rings. The molecule has 4 rings (SSSR count). The van der Waals surface area contributed by atoms with Gasteiger partial charge in [0.25, 0.3) is 0 Å². The molecule has 1 heterocycles. The van der Waals surface area contributed by atoms with Crippen LogP contribution in [0.3, 0.4) is 0 Å². The Morgan fingerprint density at radius 1 is 0.947 bits per heavy atom. The van der Waals surface area contributed by atoms with Crippen molar-refractivity contribution in [3.8, 4) is 0 Å². The van der Waals surface area contributed by atoms with Crippen LogP contribution in [0.5, 0.6) is 0 Å². The van der Waals surface area contributed by atoms with Crippen molar-refractivity contribution in [1.29, 1.82) is 0 Å². The third-order valence-electron chi connectivity index (χ3n) is 6.43. The molecular weight excluding hydrogens is 533 g/mol. The number of anilines is 1. The zero-order valence-corrected chi connectivity index (χ0v) is 23.8. The summed E-state index contributed by atoms with van der Waals surface area (Å²) in [7, 11) is 0. The monoisotopic (exact) mass is 563 g/mol. The van der Waals surface area contributed by atoms with Crippen LogP contribution in [-0.4, -0.2) is 33.8 Å². The van der Waals surface area contributed by atoms with E-state index in [9.17, 15) is 9.90 Å². The molecular formula is C29H30N3O3PS2. The molecule has 9 heteroatoms. The number of nitrogens with one attached hydrogen (secondary N) is 1. The van der Waals surface area contributed by atoms with Crippen LogP contribution < -0.4 is 5.32 Å². The number of carboxylic acid groups (broad SMARTS) is 1. The topological polar surface area (TPSA) is 83.8 Å². The number of hydrogen-bond donors (Lipinski definition) is 2. The lowest BCUT2D eigenvalue weighted by atomic mass is 9.77. The Morgan fingerprint density at radius 3 is 1.84 bits per heavy atom. The Labute approximate surface area is 232 Å². The first-order valence-electron chi connectivity index (χ1n) is 12.3. The lowest BCUT2D eigenvalue weighted by molar-refractivity contribution is -0.129. The third-order valence-corrected chi connectivity index (χ3v) is 12.4. The molecule has 0 bridgehead atoms. The first-order valence-corrected chi connectivity index (χ1v) is 16.4. The third kappa shape index (κ3) is 5.88. The molecule has 38 heavy (non-hydrogen) atoms. The average Bonchev–Trinajstić information content (AvgIpc) is 3.42. The van der Waals surface area contributed by atoms with Crippen molar-refractivity contribution < 1.29 is 14.7 Å². The van der Waals surface area contributed by atoms with Gasteiger partial charge in [-0.2, -0.15) is 0 Å². The number of oxime groups is 1. The van der Waals surface area contributed by atoms with Gasteiger partial charge in [0.05, 0.1) is 5.69 Å². The SMILES string of the molecule is CCP(=S)(CC)C(=NOCc1csc(NC(c2ccccc2)(c2ccccc2)c2ccccc2)n1)C(=O)O. The summed E-state index contributed by atoms with van der Waals surface area (Å²) in [5.74, 6) is -1.11. The van der Waals surface area contributed by atoms with Crippen LogP contribution >= 0.6 is 17.4 Å². The Bertz CT molecular complexity index is 1320. The van der Waals surface area contributed by atoms with E-state index in [1.807, 2.05) is 73.8 Å². The van der Waals surface area contributed by atoms with Crippen molar-refractivity contribution >= 4 is 45.7 Å². The molecule has 0 unspecified atom stereocenters. The Kier molecular flexibility index (Phi) is 9.10. The highest BCUT2D eigenvalue weighted by molar-refractivity contribution is 8.23. The summed E-state index contributed by atoms with van der Waals surface area (Å²) in [5.41, 5.74) is 3.14. The van der Waals surface area contributed by atoms with Crippen molar-refractivity contribution in [3.05, 3.63) is 119 Å². The minimum Gasteiger partial charge on any atom is -0.476 e. The van der Waals surface area contributed by atoms with Gasteiger partial charge in [0, 0.05) is 11.4 Å². The molecule has 2 N–H and O–H groups in total. The van der Waals surface area contributed by atoms with Crippen molar-refractivity contribution in [1.82, 2.24) is 4.98 Å². The van der Waals surface area contributed by atoms with Crippen molar-refractivity contribution in [2.24, 2.45) is 5.16 Å². The summed E-state index contributed by atoms with van der Waals surface area (Å²) in [6, 6.07) is 28.6. The predicted octanol–water partition coefficient (Wildman–Crippen LogP) is 6.98. The van der Waals surface area contributed by atoms with E-state index in [0.717, 1.165) is 16.7 Å². The van der Waals surface area contributed by atoms with E-state index in [4.69, 9.17) is 21.6 Å². The summed E-state index contributed by atoms with van der Waals surface area (Å²) in [6.07, 6.45) is 1.16. The molecule has 196 valence electrons. The molecule has 0 aliphatic rings. The number of benzene rings is 3. The van der Waals surface area contributed by atoms with Gasteiger partial charge in [-0.05, 0) is 29.0 Å². The Morgan fingerprint density at radius 2 is 1.42 bits per heavy atom. The molecule has 0 saturated heterocycles. The minimum absolute atomic E-state index is 0.0395. The largest absolute Gasteiger partial charge is 0.476 e. The van der Waals surface area contributed by atoms with E-state index in [2.05, 4.69) is 46.9 Å². The van der Waals surface area contributed by atoms with E-state index < -0.39 is 17.5 Å². The molecule has 0 atom stereocenters. The fourth-order valence-electron chi connectivity index (χ4n) is 4.34.